The molecule has 0 atom stereocenters. The maximum absolute atomic E-state index is 11.1. The first kappa shape index (κ1) is 16.5. The Morgan fingerprint density at radius 3 is 2.88 bits per heavy atom. The topological polar surface area (TPSA) is 84.7 Å². The molecule has 7 nitrogen and oxygen atoms in total. The van der Waals surface area contributed by atoms with Gasteiger partial charge in [-0.25, -0.2) is 15.0 Å². The van der Waals surface area contributed by atoms with Gasteiger partial charge < -0.3 is 15.2 Å². The third-order valence-corrected chi connectivity index (χ3v) is 5.16. The molecule has 0 saturated carbocycles. The average Bonchev–Trinajstić information content (AvgIpc) is 3.23. The largest absolute Gasteiger partial charge is 0.371 e. The van der Waals surface area contributed by atoms with Gasteiger partial charge in [-0.3, -0.25) is 4.79 Å². The summed E-state index contributed by atoms with van der Waals surface area (Å²) in [6.07, 6.45) is 1.78. The van der Waals surface area contributed by atoms with Crippen LogP contribution >= 0.6 is 11.3 Å². The second kappa shape index (κ2) is 6.38. The Balaban J connectivity index is 1.83. The number of nitrogens with one attached hydrogen (secondary N) is 2. The van der Waals surface area contributed by atoms with E-state index in [0.717, 1.165) is 43.3 Å². The number of amides is 1. The molecule has 3 aromatic heterocycles. The Kier molecular flexibility index (Phi) is 4.04. The van der Waals surface area contributed by atoms with E-state index in [0.29, 0.717) is 6.54 Å². The zero-order valence-corrected chi connectivity index (χ0v) is 15.5. The molecular weight excluding hydrogens is 348 g/mol. The predicted molar refractivity (Wildman–Crippen MR) is 104 cm³/mol. The number of benzene rings is 1. The minimum Gasteiger partial charge on any atom is -0.371 e. The number of carbonyl (C=O) groups is 1. The summed E-state index contributed by atoms with van der Waals surface area (Å²) < 4.78 is 1.97. The molecule has 26 heavy (non-hydrogen) atoms. The van der Waals surface area contributed by atoms with Gasteiger partial charge in [0.15, 0.2) is 5.82 Å². The summed E-state index contributed by atoms with van der Waals surface area (Å²) in [6.45, 7) is 2.02. The zero-order chi connectivity index (χ0) is 18.3. The Morgan fingerprint density at radius 2 is 2.12 bits per heavy atom. The molecule has 0 radical (unpaired) electrons. The molecule has 1 aromatic carbocycles. The smallest absolute Gasteiger partial charge is 0.217 e. The number of imidazole rings is 1. The SMILES string of the molecule is CNc1nc2sc(-c3cccc(CNC(C)=O)c3)nc2c2c1ncn2C. The van der Waals surface area contributed by atoms with Crippen LogP contribution in [0.2, 0.25) is 0 Å². The number of thiazole rings is 1. The Labute approximate surface area is 154 Å². The number of pyridine rings is 1. The van der Waals surface area contributed by atoms with Crippen molar-refractivity contribution in [2.75, 3.05) is 12.4 Å². The highest BCUT2D eigenvalue weighted by Crippen LogP contribution is 2.35. The fourth-order valence-corrected chi connectivity index (χ4v) is 3.86. The molecule has 0 aliphatic carbocycles. The van der Waals surface area contributed by atoms with E-state index < -0.39 is 0 Å². The van der Waals surface area contributed by atoms with Crippen LogP contribution in [0.4, 0.5) is 5.82 Å². The molecule has 0 aliphatic rings. The number of hydrogen-bond donors (Lipinski definition) is 2. The van der Waals surface area contributed by atoms with E-state index in [9.17, 15) is 4.79 Å². The summed E-state index contributed by atoms with van der Waals surface area (Å²) in [5.41, 5.74) is 4.69. The van der Waals surface area contributed by atoms with Gasteiger partial charge in [-0.1, -0.05) is 29.5 Å². The number of fused-ring (bicyclic) bond motifs is 3. The summed E-state index contributed by atoms with van der Waals surface area (Å²) in [5.74, 6) is 0.709. The van der Waals surface area contributed by atoms with E-state index in [-0.39, 0.29) is 5.91 Å². The lowest BCUT2D eigenvalue weighted by Crippen LogP contribution is -2.18. The second-order valence-corrected chi connectivity index (χ2v) is 7.02. The van der Waals surface area contributed by atoms with Gasteiger partial charge in [0.05, 0.1) is 6.33 Å². The lowest BCUT2D eigenvalue weighted by atomic mass is 10.1. The van der Waals surface area contributed by atoms with Crippen LogP contribution in [0.15, 0.2) is 30.6 Å². The van der Waals surface area contributed by atoms with Crippen LogP contribution in [0.3, 0.4) is 0 Å². The normalized spacial score (nSPS) is 11.2. The van der Waals surface area contributed by atoms with E-state index in [1.54, 1.807) is 17.7 Å². The van der Waals surface area contributed by atoms with Gasteiger partial charge >= 0.3 is 0 Å². The van der Waals surface area contributed by atoms with E-state index in [1.807, 2.05) is 42.9 Å². The fourth-order valence-electron chi connectivity index (χ4n) is 2.92. The average molecular weight is 366 g/mol. The molecule has 0 unspecified atom stereocenters. The molecule has 0 aliphatic heterocycles. The van der Waals surface area contributed by atoms with Crippen molar-refractivity contribution < 1.29 is 4.79 Å². The maximum Gasteiger partial charge on any atom is 0.217 e. The van der Waals surface area contributed by atoms with Gasteiger partial charge in [0, 0.05) is 33.1 Å². The molecule has 3 heterocycles. The molecular formula is C18H18N6OS. The van der Waals surface area contributed by atoms with Crippen LogP contribution in [0.5, 0.6) is 0 Å². The van der Waals surface area contributed by atoms with Crippen molar-refractivity contribution in [1.82, 2.24) is 24.8 Å². The molecule has 132 valence electrons. The number of hydrogen-bond acceptors (Lipinski definition) is 6. The molecule has 2 N–H and O–H groups in total. The number of aromatic nitrogens is 4. The van der Waals surface area contributed by atoms with Crippen LogP contribution in [0, 0.1) is 0 Å². The summed E-state index contributed by atoms with van der Waals surface area (Å²) >= 11 is 1.55. The van der Waals surface area contributed by atoms with Crippen molar-refractivity contribution in [2.45, 2.75) is 13.5 Å². The van der Waals surface area contributed by atoms with Gasteiger partial charge in [-0.15, -0.1) is 0 Å². The van der Waals surface area contributed by atoms with E-state index in [4.69, 9.17) is 4.98 Å². The first-order valence-corrected chi connectivity index (χ1v) is 9.01. The highest BCUT2D eigenvalue weighted by Gasteiger charge is 2.17. The fraction of sp³-hybridized carbons (Fsp3) is 0.222. The lowest BCUT2D eigenvalue weighted by Gasteiger charge is -2.04. The Bertz CT molecular complexity index is 1130. The van der Waals surface area contributed by atoms with Gasteiger partial charge in [-0.05, 0) is 11.6 Å². The summed E-state index contributed by atoms with van der Waals surface area (Å²) in [6, 6.07) is 8.04. The van der Waals surface area contributed by atoms with Gasteiger partial charge in [-0.2, -0.15) is 0 Å². The predicted octanol–water partition coefficient (Wildman–Crippen LogP) is 2.92. The number of anilines is 1. The minimum atomic E-state index is -0.0437. The van der Waals surface area contributed by atoms with Crippen molar-refractivity contribution in [1.29, 1.82) is 0 Å². The summed E-state index contributed by atoms with van der Waals surface area (Å²) in [7, 11) is 3.80. The first-order chi connectivity index (χ1) is 12.6. The summed E-state index contributed by atoms with van der Waals surface area (Å²) in [5, 5.41) is 6.83. The van der Waals surface area contributed by atoms with Crippen LogP contribution in [0.1, 0.15) is 12.5 Å². The van der Waals surface area contributed by atoms with Gasteiger partial charge in [0.25, 0.3) is 0 Å². The molecule has 0 fully saturated rings. The van der Waals surface area contributed by atoms with E-state index in [1.165, 1.54) is 6.92 Å². The maximum atomic E-state index is 11.1. The number of nitrogens with zero attached hydrogens (tertiary/aromatic N) is 4. The lowest BCUT2D eigenvalue weighted by molar-refractivity contribution is -0.119. The number of aryl methyl sites for hydroxylation is 1. The highest BCUT2D eigenvalue weighted by atomic mass is 32.1. The standard InChI is InChI=1S/C18H18N6OS/c1-10(25)20-8-11-5-4-6-12(7-11)17-22-14-15-13(21-9-24(15)3)16(19-2)23-18(14)26-17/h4-7,9H,8H2,1-3H3,(H,19,23)(H,20,25). The molecule has 1 amide bonds. The molecule has 0 bridgehead atoms. The first-order valence-electron chi connectivity index (χ1n) is 8.20. The zero-order valence-electron chi connectivity index (χ0n) is 14.7. The van der Waals surface area contributed by atoms with Crippen molar-refractivity contribution in [3.05, 3.63) is 36.2 Å². The van der Waals surface area contributed by atoms with Crippen LogP contribution in [0.25, 0.3) is 32.0 Å². The van der Waals surface area contributed by atoms with Crippen molar-refractivity contribution in [2.24, 2.45) is 7.05 Å². The second-order valence-electron chi connectivity index (χ2n) is 6.05. The monoisotopic (exact) mass is 366 g/mol. The van der Waals surface area contributed by atoms with Gasteiger partial charge in [0.2, 0.25) is 5.91 Å². The minimum absolute atomic E-state index is 0.0437. The molecule has 0 spiro atoms. The number of carbonyl (C=O) groups excluding carboxylic acids is 1. The van der Waals surface area contributed by atoms with E-state index in [2.05, 4.69) is 20.6 Å². The van der Waals surface area contributed by atoms with Crippen molar-refractivity contribution in [3.8, 4) is 10.6 Å². The highest BCUT2D eigenvalue weighted by molar-refractivity contribution is 7.21. The van der Waals surface area contributed by atoms with Crippen molar-refractivity contribution >= 4 is 44.4 Å². The third kappa shape index (κ3) is 2.78. The summed E-state index contributed by atoms with van der Waals surface area (Å²) in [4.78, 5) is 26.0. The van der Waals surface area contributed by atoms with Gasteiger partial charge in [0.1, 0.15) is 26.4 Å². The number of rotatable bonds is 4. The van der Waals surface area contributed by atoms with Crippen LogP contribution in [-0.4, -0.2) is 32.5 Å². The van der Waals surface area contributed by atoms with Crippen LogP contribution < -0.4 is 10.6 Å². The molecule has 8 heteroatoms. The molecule has 4 rings (SSSR count). The van der Waals surface area contributed by atoms with Crippen LogP contribution in [-0.2, 0) is 18.4 Å². The van der Waals surface area contributed by atoms with Crippen molar-refractivity contribution in [3.63, 3.8) is 0 Å². The Morgan fingerprint density at radius 1 is 1.27 bits per heavy atom. The molecule has 0 saturated heterocycles. The third-order valence-electron chi connectivity index (χ3n) is 4.16. The quantitative estimate of drug-likeness (QED) is 0.580. The van der Waals surface area contributed by atoms with E-state index >= 15 is 0 Å². The molecule has 4 aromatic rings. The Hall–Kier alpha value is -3.00.